The van der Waals surface area contributed by atoms with Crippen LogP contribution >= 0.6 is 0 Å². The van der Waals surface area contributed by atoms with E-state index in [1.165, 1.54) is 7.11 Å². The Morgan fingerprint density at radius 3 is 2.43 bits per heavy atom. The predicted octanol–water partition coefficient (Wildman–Crippen LogP) is 2.96. The molecular weight excluding hydrogens is 296 g/mol. The molecule has 1 heterocycles. The minimum atomic E-state index is -1.20. The van der Waals surface area contributed by atoms with Crippen molar-refractivity contribution in [3.63, 3.8) is 0 Å². The summed E-state index contributed by atoms with van der Waals surface area (Å²) < 4.78 is 10.8. The molecule has 0 unspecified atom stereocenters. The Morgan fingerprint density at radius 2 is 1.87 bits per heavy atom. The van der Waals surface area contributed by atoms with E-state index in [-0.39, 0.29) is 17.5 Å². The number of carboxylic acid groups (broad SMARTS) is 1. The number of methoxy groups -OCH3 is 1. The lowest BCUT2D eigenvalue weighted by molar-refractivity contribution is 0.0683. The molecule has 6 heteroatoms. The van der Waals surface area contributed by atoms with Gasteiger partial charge in [0.2, 0.25) is 17.5 Å². The second-order valence-electron chi connectivity index (χ2n) is 5.51. The van der Waals surface area contributed by atoms with E-state index in [2.05, 4.69) is 9.97 Å². The van der Waals surface area contributed by atoms with Gasteiger partial charge in [-0.25, -0.2) is 9.78 Å². The lowest BCUT2D eigenvalue weighted by atomic mass is 10.1. The van der Waals surface area contributed by atoms with Gasteiger partial charge in [0, 0.05) is 0 Å². The average molecular weight is 316 g/mol. The maximum atomic E-state index is 11.3. The molecule has 1 aromatic carbocycles. The summed E-state index contributed by atoms with van der Waals surface area (Å²) in [7, 11) is 1.38. The van der Waals surface area contributed by atoms with E-state index in [0.29, 0.717) is 24.6 Å². The van der Waals surface area contributed by atoms with Crippen LogP contribution in [0, 0.1) is 5.92 Å². The van der Waals surface area contributed by atoms with Crippen LogP contribution in [-0.4, -0.2) is 28.2 Å². The molecule has 0 aliphatic heterocycles. The molecule has 6 nitrogen and oxygen atoms in total. The monoisotopic (exact) mass is 316 g/mol. The number of ether oxygens (including phenoxy) is 2. The Morgan fingerprint density at radius 1 is 1.17 bits per heavy atom. The topological polar surface area (TPSA) is 81.5 Å². The van der Waals surface area contributed by atoms with Crippen LogP contribution in [0.5, 0.6) is 11.8 Å². The summed E-state index contributed by atoms with van der Waals surface area (Å²) >= 11 is 0. The van der Waals surface area contributed by atoms with E-state index in [0.717, 1.165) is 5.56 Å². The molecule has 0 fully saturated rings. The minimum Gasteiger partial charge on any atom is -0.479 e. The second-order valence-corrected chi connectivity index (χ2v) is 5.51. The summed E-state index contributed by atoms with van der Waals surface area (Å²) in [4.78, 5) is 19.7. The van der Waals surface area contributed by atoms with Gasteiger partial charge in [-0.05, 0) is 17.9 Å². The predicted molar refractivity (Wildman–Crippen MR) is 84.9 cm³/mol. The number of carboxylic acids is 1. The fraction of sp³-hybridized carbons (Fsp3) is 0.353. The molecular formula is C17H20N2O4. The van der Waals surface area contributed by atoms with Gasteiger partial charge in [-0.3, -0.25) is 0 Å². The number of carbonyl (C=O) groups is 1. The highest BCUT2D eigenvalue weighted by Gasteiger charge is 2.21. The first-order valence-corrected chi connectivity index (χ1v) is 7.36. The van der Waals surface area contributed by atoms with Crippen LogP contribution in [0.4, 0.5) is 0 Å². The van der Waals surface area contributed by atoms with Gasteiger partial charge in [0.1, 0.15) is 12.3 Å². The molecule has 0 atom stereocenters. The maximum absolute atomic E-state index is 11.3. The van der Waals surface area contributed by atoms with Crippen molar-refractivity contribution in [3.8, 4) is 11.8 Å². The van der Waals surface area contributed by atoms with Crippen molar-refractivity contribution >= 4 is 5.97 Å². The lowest BCUT2D eigenvalue weighted by Gasteiger charge is -2.14. The minimum absolute atomic E-state index is 0.000195. The van der Waals surface area contributed by atoms with Crippen LogP contribution in [0.3, 0.4) is 0 Å². The van der Waals surface area contributed by atoms with Gasteiger partial charge in [0.25, 0.3) is 0 Å². The van der Waals surface area contributed by atoms with Gasteiger partial charge >= 0.3 is 5.97 Å². The van der Waals surface area contributed by atoms with E-state index in [4.69, 9.17) is 9.47 Å². The summed E-state index contributed by atoms with van der Waals surface area (Å²) in [5.74, 6) is -0.639. The number of hydrogen-bond acceptors (Lipinski definition) is 5. The number of benzene rings is 1. The Balaban J connectivity index is 2.33. The molecule has 0 radical (unpaired) electrons. The Kier molecular flexibility index (Phi) is 5.51. The van der Waals surface area contributed by atoms with Crippen molar-refractivity contribution in [2.45, 2.75) is 26.9 Å². The van der Waals surface area contributed by atoms with Crippen LogP contribution in [0.1, 0.15) is 35.6 Å². The van der Waals surface area contributed by atoms with Crippen molar-refractivity contribution in [1.29, 1.82) is 0 Å². The largest absolute Gasteiger partial charge is 0.479 e. The molecule has 0 aliphatic carbocycles. The highest BCUT2D eigenvalue weighted by Crippen LogP contribution is 2.24. The van der Waals surface area contributed by atoms with Crippen molar-refractivity contribution < 1.29 is 19.4 Å². The zero-order valence-corrected chi connectivity index (χ0v) is 13.4. The van der Waals surface area contributed by atoms with Crippen molar-refractivity contribution in [1.82, 2.24) is 9.97 Å². The fourth-order valence-corrected chi connectivity index (χ4v) is 2.08. The zero-order valence-electron chi connectivity index (χ0n) is 13.4. The molecule has 0 spiro atoms. The maximum Gasteiger partial charge on any atom is 0.360 e. The number of nitrogens with zero attached hydrogens (tertiary/aromatic N) is 2. The molecule has 0 amide bonds. The Labute approximate surface area is 135 Å². The van der Waals surface area contributed by atoms with E-state index in [1.54, 1.807) is 0 Å². The molecule has 23 heavy (non-hydrogen) atoms. The number of rotatable bonds is 7. The Bertz CT molecular complexity index is 672. The summed E-state index contributed by atoms with van der Waals surface area (Å²) in [6.07, 6.45) is 0.618. The number of aromatic nitrogens is 2. The molecule has 1 aromatic heterocycles. The first-order valence-electron chi connectivity index (χ1n) is 7.36. The van der Waals surface area contributed by atoms with Gasteiger partial charge < -0.3 is 14.6 Å². The molecule has 0 saturated carbocycles. The van der Waals surface area contributed by atoms with Crippen LogP contribution in [0.2, 0.25) is 0 Å². The Hall–Kier alpha value is -2.63. The van der Waals surface area contributed by atoms with E-state index < -0.39 is 5.97 Å². The second kappa shape index (κ2) is 7.58. The summed E-state index contributed by atoms with van der Waals surface area (Å²) in [5, 5.41) is 9.24. The van der Waals surface area contributed by atoms with Gasteiger partial charge in [-0.15, -0.1) is 0 Å². The average Bonchev–Trinajstić information content (AvgIpc) is 2.53. The lowest BCUT2D eigenvalue weighted by Crippen LogP contribution is -2.12. The van der Waals surface area contributed by atoms with Crippen molar-refractivity contribution in [3.05, 3.63) is 47.3 Å². The fourth-order valence-electron chi connectivity index (χ4n) is 2.08. The molecule has 0 bridgehead atoms. The summed E-state index contributed by atoms with van der Waals surface area (Å²) in [6, 6.07) is 9.60. The molecule has 0 aliphatic rings. The third kappa shape index (κ3) is 4.42. The van der Waals surface area contributed by atoms with Crippen LogP contribution in [0.15, 0.2) is 30.3 Å². The number of hydrogen-bond donors (Lipinski definition) is 1. The van der Waals surface area contributed by atoms with Gasteiger partial charge in [0.15, 0.2) is 0 Å². The molecule has 2 rings (SSSR count). The third-order valence-electron chi connectivity index (χ3n) is 3.12. The van der Waals surface area contributed by atoms with E-state index in [1.807, 2.05) is 44.2 Å². The third-order valence-corrected chi connectivity index (χ3v) is 3.12. The highest BCUT2D eigenvalue weighted by atomic mass is 16.5. The van der Waals surface area contributed by atoms with Crippen LogP contribution in [0.25, 0.3) is 0 Å². The molecule has 122 valence electrons. The normalized spacial score (nSPS) is 10.6. The first kappa shape index (κ1) is 16.7. The highest BCUT2D eigenvalue weighted by molar-refractivity contribution is 5.88. The van der Waals surface area contributed by atoms with Crippen molar-refractivity contribution in [2.75, 3.05) is 7.11 Å². The smallest absolute Gasteiger partial charge is 0.360 e. The summed E-state index contributed by atoms with van der Waals surface area (Å²) in [6.45, 7) is 4.38. The van der Waals surface area contributed by atoms with Gasteiger partial charge in [0.05, 0.1) is 7.11 Å². The summed E-state index contributed by atoms with van der Waals surface area (Å²) in [5.41, 5.74) is 1.32. The van der Waals surface area contributed by atoms with Crippen LogP contribution < -0.4 is 9.47 Å². The molecule has 0 saturated heterocycles. The quantitative estimate of drug-likeness (QED) is 0.845. The zero-order chi connectivity index (χ0) is 16.8. The molecule has 1 N–H and O–H groups in total. The van der Waals surface area contributed by atoms with Crippen LogP contribution in [-0.2, 0) is 13.0 Å². The van der Waals surface area contributed by atoms with E-state index >= 15 is 0 Å². The van der Waals surface area contributed by atoms with Gasteiger partial charge in [-0.1, -0.05) is 44.2 Å². The number of aromatic carboxylic acids is 1. The first-order chi connectivity index (χ1) is 11.0. The molecule has 2 aromatic rings. The van der Waals surface area contributed by atoms with Gasteiger partial charge in [-0.2, -0.15) is 4.98 Å². The standard InChI is InChI=1S/C17H20N2O4/c1-11(2)9-13-15(23-10-12-7-5-4-6-8-12)19-14(17(20)21)16(18-13)22-3/h4-8,11H,9-10H2,1-3H3,(H,20,21). The van der Waals surface area contributed by atoms with Crippen molar-refractivity contribution in [2.24, 2.45) is 5.92 Å². The SMILES string of the molecule is COc1nc(CC(C)C)c(OCc2ccccc2)nc1C(=O)O. The van der Waals surface area contributed by atoms with E-state index in [9.17, 15) is 9.90 Å².